The van der Waals surface area contributed by atoms with E-state index in [0.29, 0.717) is 18.2 Å². The molecular weight excluding hydrogens is 250 g/mol. The molecule has 3 aromatic heterocycles. The number of rotatable bonds is 4. The first kappa shape index (κ1) is 11.2. The minimum Gasteiger partial charge on any atom is -0.434 e. The highest BCUT2D eigenvalue weighted by Crippen LogP contribution is 2.27. The molecule has 0 bridgehead atoms. The Morgan fingerprint density at radius 3 is 3.11 bits per heavy atom. The van der Waals surface area contributed by atoms with Crippen molar-refractivity contribution in [2.75, 3.05) is 0 Å². The zero-order valence-corrected chi connectivity index (χ0v) is 10.7. The van der Waals surface area contributed by atoms with Crippen LogP contribution in [0.25, 0.3) is 4.96 Å². The van der Waals surface area contributed by atoms with E-state index in [1.54, 1.807) is 22.2 Å². The Bertz CT molecular complexity index is 668. The Hall–Kier alpha value is -1.86. The molecule has 0 aliphatic rings. The van der Waals surface area contributed by atoms with Crippen molar-refractivity contribution >= 4 is 16.3 Å². The molecular formula is C11H13N5OS. The topological polar surface area (TPSA) is 70.4 Å². The molecule has 0 unspecified atom stereocenters. The van der Waals surface area contributed by atoms with Gasteiger partial charge in [-0.15, -0.1) is 11.3 Å². The second-order valence-electron chi connectivity index (χ2n) is 3.76. The Balaban J connectivity index is 1.96. The SMILES string of the molecule is CCn1cc(Oc2nc3sccn3c2CN)cn1. The van der Waals surface area contributed by atoms with Crippen molar-refractivity contribution < 1.29 is 4.74 Å². The fraction of sp³-hybridized carbons (Fsp3) is 0.273. The number of hydrogen-bond acceptors (Lipinski definition) is 5. The fourth-order valence-electron chi connectivity index (χ4n) is 1.76. The van der Waals surface area contributed by atoms with E-state index in [1.165, 1.54) is 0 Å². The van der Waals surface area contributed by atoms with E-state index in [-0.39, 0.29) is 0 Å². The Morgan fingerprint density at radius 1 is 1.50 bits per heavy atom. The summed E-state index contributed by atoms with van der Waals surface area (Å²) in [7, 11) is 0. The second-order valence-corrected chi connectivity index (χ2v) is 4.63. The summed E-state index contributed by atoms with van der Waals surface area (Å²) >= 11 is 1.55. The van der Waals surface area contributed by atoms with Gasteiger partial charge in [0.25, 0.3) is 0 Å². The lowest BCUT2D eigenvalue weighted by Crippen LogP contribution is -2.01. The minimum absolute atomic E-state index is 0.384. The van der Waals surface area contributed by atoms with Gasteiger partial charge in [0.15, 0.2) is 10.7 Å². The minimum atomic E-state index is 0.384. The number of hydrogen-bond donors (Lipinski definition) is 1. The molecule has 7 heteroatoms. The van der Waals surface area contributed by atoms with E-state index in [2.05, 4.69) is 10.1 Å². The average molecular weight is 263 g/mol. The maximum absolute atomic E-state index is 5.75. The third-order valence-electron chi connectivity index (χ3n) is 2.67. The van der Waals surface area contributed by atoms with Crippen LogP contribution in [0.3, 0.4) is 0 Å². The molecule has 94 valence electrons. The maximum Gasteiger partial charge on any atom is 0.243 e. The highest BCUT2D eigenvalue weighted by atomic mass is 32.1. The first-order valence-electron chi connectivity index (χ1n) is 5.66. The molecule has 2 N–H and O–H groups in total. The zero-order chi connectivity index (χ0) is 12.5. The molecule has 0 aliphatic carbocycles. The van der Waals surface area contributed by atoms with Gasteiger partial charge >= 0.3 is 0 Å². The van der Waals surface area contributed by atoms with Crippen molar-refractivity contribution in [2.45, 2.75) is 20.0 Å². The average Bonchev–Trinajstić information content (AvgIpc) is 3.04. The van der Waals surface area contributed by atoms with E-state index in [9.17, 15) is 0 Å². The van der Waals surface area contributed by atoms with E-state index < -0.39 is 0 Å². The fourth-order valence-corrected chi connectivity index (χ4v) is 2.49. The highest BCUT2D eigenvalue weighted by molar-refractivity contribution is 7.15. The summed E-state index contributed by atoms with van der Waals surface area (Å²) in [5, 5.41) is 6.13. The molecule has 0 saturated heterocycles. The van der Waals surface area contributed by atoms with Gasteiger partial charge in [-0.05, 0) is 6.92 Å². The lowest BCUT2D eigenvalue weighted by molar-refractivity contribution is 0.458. The number of ether oxygens (including phenoxy) is 1. The summed E-state index contributed by atoms with van der Waals surface area (Å²) in [6.07, 6.45) is 5.46. The first-order valence-corrected chi connectivity index (χ1v) is 6.54. The molecule has 0 amide bonds. The normalized spacial score (nSPS) is 11.2. The van der Waals surface area contributed by atoms with Gasteiger partial charge in [0.05, 0.1) is 12.4 Å². The van der Waals surface area contributed by atoms with Gasteiger partial charge in [0.1, 0.15) is 5.69 Å². The van der Waals surface area contributed by atoms with Gasteiger partial charge in [0, 0.05) is 24.7 Å². The van der Waals surface area contributed by atoms with E-state index >= 15 is 0 Å². The lowest BCUT2D eigenvalue weighted by atomic mass is 10.4. The van der Waals surface area contributed by atoms with Crippen molar-refractivity contribution in [2.24, 2.45) is 5.73 Å². The first-order chi connectivity index (χ1) is 8.81. The Labute approximate surface area is 108 Å². The van der Waals surface area contributed by atoms with Crippen LogP contribution >= 0.6 is 11.3 Å². The Kier molecular flexibility index (Phi) is 2.77. The summed E-state index contributed by atoms with van der Waals surface area (Å²) < 4.78 is 9.49. The molecule has 0 atom stereocenters. The number of thiazole rings is 1. The maximum atomic E-state index is 5.75. The molecule has 0 saturated carbocycles. The van der Waals surface area contributed by atoms with Crippen molar-refractivity contribution in [3.63, 3.8) is 0 Å². The van der Waals surface area contributed by atoms with Crippen molar-refractivity contribution in [1.82, 2.24) is 19.2 Å². The number of aryl methyl sites for hydroxylation is 1. The molecule has 3 rings (SSSR count). The third-order valence-corrected chi connectivity index (χ3v) is 3.42. The molecule has 6 nitrogen and oxygen atoms in total. The zero-order valence-electron chi connectivity index (χ0n) is 9.91. The molecule has 0 aromatic carbocycles. The van der Waals surface area contributed by atoms with E-state index in [0.717, 1.165) is 17.2 Å². The van der Waals surface area contributed by atoms with Crippen LogP contribution < -0.4 is 10.5 Å². The third kappa shape index (κ3) is 1.77. The Morgan fingerprint density at radius 2 is 2.39 bits per heavy atom. The number of fused-ring (bicyclic) bond motifs is 1. The van der Waals surface area contributed by atoms with Crippen LogP contribution in [0, 0.1) is 0 Å². The molecule has 18 heavy (non-hydrogen) atoms. The summed E-state index contributed by atoms with van der Waals surface area (Å²) in [5.74, 6) is 1.23. The van der Waals surface area contributed by atoms with Crippen LogP contribution in [-0.4, -0.2) is 19.2 Å². The van der Waals surface area contributed by atoms with Gasteiger partial charge in [-0.25, -0.2) is 0 Å². The standard InChI is InChI=1S/C11H13N5OS/c1-2-15-7-8(6-13-15)17-10-9(5-12)16-3-4-18-11(16)14-10/h3-4,6-7H,2,5,12H2,1H3. The van der Waals surface area contributed by atoms with Crippen LogP contribution in [0.4, 0.5) is 0 Å². The molecule has 0 fully saturated rings. The molecule has 0 aliphatic heterocycles. The van der Waals surface area contributed by atoms with Crippen LogP contribution in [0.5, 0.6) is 11.6 Å². The van der Waals surface area contributed by atoms with Crippen molar-refractivity contribution in [3.8, 4) is 11.6 Å². The quantitative estimate of drug-likeness (QED) is 0.780. The van der Waals surface area contributed by atoms with Gasteiger partial charge in [-0.2, -0.15) is 10.1 Å². The lowest BCUT2D eigenvalue weighted by Gasteiger charge is -2.01. The smallest absolute Gasteiger partial charge is 0.243 e. The number of aromatic nitrogens is 4. The van der Waals surface area contributed by atoms with Gasteiger partial charge in [0.2, 0.25) is 5.88 Å². The molecule has 3 aromatic rings. The number of nitrogens with zero attached hydrogens (tertiary/aromatic N) is 4. The summed E-state index contributed by atoms with van der Waals surface area (Å²) in [4.78, 5) is 5.30. The largest absolute Gasteiger partial charge is 0.434 e. The van der Waals surface area contributed by atoms with Crippen LogP contribution in [0.15, 0.2) is 24.0 Å². The van der Waals surface area contributed by atoms with Crippen LogP contribution in [0.1, 0.15) is 12.6 Å². The van der Waals surface area contributed by atoms with Crippen molar-refractivity contribution in [3.05, 3.63) is 29.7 Å². The number of imidazole rings is 1. The van der Waals surface area contributed by atoms with Crippen LogP contribution in [-0.2, 0) is 13.1 Å². The molecule has 0 radical (unpaired) electrons. The molecule has 0 spiro atoms. The van der Waals surface area contributed by atoms with Crippen molar-refractivity contribution in [1.29, 1.82) is 0 Å². The summed E-state index contributed by atoms with van der Waals surface area (Å²) in [6.45, 7) is 3.22. The van der Waals surface area contributed by atoms with E-state index in [4.69, 9.17) is 10.5 Å². The summed E-state index contributed by atoms with van der Waals surface area (Å²) in [6, 6.07) is 0. The van der Waals surface area contributed by atoms with E-state index in [1.807, 2.05) is 29.1 Å². The van der Waals surface area contributed by atoms with Gasteiger partial charge in [-0.3, -0.25) is 9.08 Å². The number of nitrogens with two attached hydrogens (primary N) is 1. The highest BCUT2D eigenvalue weighted by Gasteiger charge is 2.14. The molecule has 3 heterocycles. The second kappa shape index (κ2) is 4.43. The summed E-state index contributed by atoms with van der Waals surface area (Å²) in [5.41, 5.74) is 6.62. The van der Waals surface area contributed by atoms with Gasteiger partial charge < -0.3 is 10.5 Å². The van der Waals surface area contributed by atoms with Crippen LogP contribution in [0.2, 0.25) is 0 Å². The monoisotopic (exact) mass is 263 g/mol. The predicted molar refractivity (Wildman–Crippen MR) is 68.9 cm³/mol. The van der Waals surface area contributed by atoms with Gasteiger partial charge in [-0.1, -0.05) is 0 Å². The predicted octanol–water partition coefficient (Wildman–Crippen LogP) is 1.86.